The summed E-state index contributed by atoms with van der Waals surface area (Å²) in [6, 6.07) is 31.8. The van der Waals surface area contributed by atoms with Crippen molar-refractivity contribution in [1.82, 2.24) is 40.4 Å². The van der Waals surface area contributed by atoms with E-state index in [0.29, 0.717) is 24.8 Å². The Balaban J connectivity index is 0.971. The quantitative estimate of drug-likeness (QED) is 0.0647. The van der Waals surface area contributed by atoms with Gasteiger partial charge in [-0.2, -0.15) is 0 Å². The number of carbonyl (C=O) groups excluding carboxylic acids is 4. The molecule has 398 valence electrons. The van der Waals surface area contributed by atoms with E-state index >= 15 is 0 Å². The zero-order chi connectivity index (χ0) is 52.8. The minimum Gasteiger partial charge on any atom is -0.453 e. The zero-order valence-electron chi connectivity index (χ0n) is 44.8. The normalized spacial score (nSPS) is 19.0. The van der Waals surface area contributed by atoms with E-state index in [1.165, 1.54) is 42.3 Å². The number of unbranched alkanes of at least 4 members (excludes halogenated alkanes) is 1. The highest BCUT2D eigenvalue weighted by Crippen LogP contribution is 2.43. The van der Waals surface area contributed by atoms with Gasteiger partial charge in [-0.05, 0) is 134 Å². The number of nitrogens with one attached hydrogen (secondary N) is 4. The number of fused-ring (bicyclic) bond motifs is 2. The Morgan fingerprint density at radius 3 is 2.07 bits per heavy atom. The second-order valence-corrected chi connectivity index (χ2v) is 21.5. The van der Waals surface area contributed by atoms with E-state index in [1.807, 2.05) is 32.6 Å². The number of likely N-dealkylation sites (tertiary alicyclic amines) is 1. The van der Waals surface area contributed by atoms with Crippen LogP contribution in [0.1, 0.15) is 132 Å². The SMILES string of the molecule is CCCCN(Cc1nc2ccc([C@H]3CCC(Cc4ccc5nc([C@@H]6CCCN6C(=O)[C@@H](NC(=O)OC)C(C)C)[nH]c5c4)N3c3ccc(N4CCC(c5ccccc5)CC4)cc3)cc2[nH]1)C(=O)[C@@H](NC(=O)OC)C(C)C. The van der Waals surface area contributed by atoms with Gasteiger partial charge >= 0.3 is 12.2 Å². The van der Waals surface area contributed by atoms with Gasteiger partial charge < -0.3 is 49.7 Å². The Labute approximate surface area is 441 Å². The van der Waals surface area contributed by atoms with Crippen molar-refractivity contribution in [2.45, 2.75) is 135 Å². The molecule has 0 spiro atoms. The van der Waals surface area contributed by atoms with E-state index in [1.54, 1.807) is 4.90 Å². The average molecular weight is 1020 g/mol. The fourth-order valence-electron chi connectivity index (χ4n) is 11.7. The molecule has 6 aromatic rings. The molecule has 0 aliphatic carbocycles. The number of ether oxygens (including phenoxy) is 2. The third-order valence-corrected chi connectivity index (χ3v) is 15.8. The molecule has 3 aliphatic heterocycles. The smallest absolute Gasteiger partial charge is 0.407 e. The molecule has 5 heterocycles. The maximum atomic E-state index is 14.0. The Morgan fingerprint density at radius 2 is 1.37 bits per heavy atom. The number of rotatable bonds is 18. The average Bonchev–Trinajstić information content (AvgIpc) is 4.27. The van der Waals surface area contributed by atoms with Crippen LogP contribution in [0.15, 0.2) is 91.0 Å². The lowest BCUT2D eigenvalue weighted by Crippen LogP contribution is -2.51. The van der Waals surface area contributed by atoms with Gasteiger partial charge in [0.15, 0.2) is 0 Å². The number of aromatic nitrogens is 4. The fraction of sp³-hybridized carbons (Fsp3) is 0.492. The molecule has 9 rings (SSSR count). The number of alkyl carbamates (subject to hydrolysis) is 2. The van der Waals surface area contributed by atoms with Crippen LogP contribution >= 0.6 is 0 Å². The summed E-state index contributed by atoms with van der Waals surface area (Å²) < 4.78 is 9.71. The second kappa shape index (κ2) is 23.6. The number of benzene rings is 4. The number of anilines is 2. The van der Waals surface area contributed by atoms with Crippen LogP contribution < -0.4 is 20.4 Å². The Hall–Kier alpha value is -7.10. The molecule has 0 radical (unpaired) electrons. The molecule has 2 aromatic heterocycles. The molecule has 4 aromatic carbocycles. The van der Waals surface area contributed by atoms with Crippen LogP contribution in [0, 0.1) is 11.8 Å². The van der Waals surface area contributed by atoms with Crippen molar-refractivity contribution in [2.24, 2.45) is 11.8 Å². The lowest BCUT2D eigenvalue weighted by Gasteiger charge is -2.35. The van der Waals surface area contributed by atoms with E-state index in [-0.39, 0.29) is 48.3 Å². The fourth-order valence-corrected chi connectivity index (χ4v) is 11.7. The lowest BCUT2D eigenvalue weighted by atomic mass is 9.89. The van der Waals surface area contributed by atoms with Crippen molar-refractivity contribution in [1.29, 1.82) is 0 Å². The van der Waals surface area contributed by atoms with Crippen molar-refractivity contribution in [2.75, 3.05) is 50.2 Å². The highest BCUT2D eigenvalue weighted by atomic mass is 16.5. The third kappa shape index (κ3) is 11.9. The van der Waals surface area contributed by atoms with Crippen LogP contribution in [0.3, 0.4) is 0 Å². The number of nitrogens with zero attached hydrogens (tertiary/aromatic N) is 6. The van der Waals surface area contributed by atoms with Crippen LogP contribution in [0.2, 0.25) is 0 Å². The Kier molecular flexibility index (Phi) is 16.6. The summed E-state index contributed by atoms with van der Waals surface area (Å²) in [5.41, 5.74) is 9.79. The minimum absolute atomic E-state index is 0.0918. The number of imidazole rings is 2. The molecule has 16 heteroatoms. The Bertz CT molecular complexity index is 2910. The molecule has 1 unspecified atom stereocenters. The van der Waals surface area contributed by atoms with Crippen molar-refractivity contribution in [3.8, 4) is 0 Å². The summed E-state index contributed by atoms with van der Waals surface area (Å²) in [5.74, 6) is 1.48. The maximum Gasteiger partial charge on any atom is 0.407 e. The van der Waals surface area contributed by atoms with Gasteiger partial charge in [0.1, 0.15) is 23.7 Å². The van der Waals surface area contributed by atoms with Crippen molar-refractivity contribution < 1.29 is 28.7 Å². The molecule has 4 N–H and O–H groups in total. The molecule has 0 saturated carbocycles. The summed E-state index contributed by atoms with van der Waals surface area (Å²) in [6.45, 7) is 13.2. The van der Waals surface area contributed by atoms with Crippen molar-refractivity contribution in [3.63, 3.8) is 0 Å². The first-order valence-corrected chi connectivity index (χ1v) is 27.3. The molecule has 4 amide bonds. The number of hydrogen-bond acceptors (Lipinski definition) is 10. The number of amides is 4. The topological polar surface area (TPSA) is 181 Å². The van der Waals surface area contributed by atoms with E-state index in [4.69, 9.17) is 19.4 Å². The minimum atomic E-state index is -0.728. The predicted molar refractivity (Wildman–Crippen MR) is 294 cm³/mol. The number of methoxy groups -OCH3 is 2. The lowest BCUT2D eigenvalue weighted by molar-refractivity contribution is -0.136. The van der Waals surface area contributed by atoms with E-state index < -0.39 is 24.3 Å². The first-order valence-electron chi connectivity index (χ1n) is 27.3. The number of H-pyrrole nitrogens is 2. The number of hydrogen-bond donors (Lipinski definition) is 4. The first-order chi connectivity index (χ1) is 36.3. The summed E-state index contributed by atoms with van der Waals surface area (Å²) in [5, 5.41) is 5.51. The number of piperidine rings is 1. The second-order valence-electron chi connectivity index (χ2n) is 21.5. The molecule has 3 aliphatic rings. The first kappa shape index (κ1) is 52.8. The van der Waals surface area contributed by atoms with Gasteiger partial charge in [-0.15, -0.1) is 0 Å². The standard InChI is InChI=1S/C59H76N10O6/c1-8-9-29-67(56(70)53(37(2)3)64-58(72)74-6)36-52-60-46-25-18-42(35-49(46)61-52)50-26-23-45(69(50)44-21-19-43(20-22-44)66-31-27-41(28-32-66)40-14-11-10-12-15-40)33-39-17-24-47-48(34-39)63-55(62-47)51-16-13-30-68(51)57(71)54(38(4)5)65-59(73)75-7/h10-12,14-15,17-22,24-25,34-35,37-38,41,45,50-51,53-54H,8-9,13,16,23,26-33,36H2,1-7H3,(H,60,61)(H,62,63)(H,64,72)(H,65,73)/t45?,50-,51+,53+,54+/m1/s1. The summed E-state index contributed by atoms with van der Waals surface area (Å²) >= 11 is 0. The third-order valence-electron chi connectivity index (χ3n) is 15.8. The van der Waals surface area contributed by atoms with Gasteiger partial charge in [0.2, 0.25) is 11.8 Å². The summed E-state index contributed by atoms with van der Waals surface area (Å²) in [4.78, 5) is 78.4. The number of carbonyl (C=O) groups is 4. The van der Waals surface area contributed by atoms with Crippen LogP contribution in [0.25, 0.3) is 22.1 Å². The molecule has 5 atom stereocenters. The largest absolute Gasteiger partial charge is 0.453 e. The van der Waals surface area contributed by atoms with Gasteiger partial charge in [0.25, 0.3) is 0 Å². The van der Waals surface area contributed by atoms with Crippen LogP contribution in [0.4, 0.5) is 21.0 Å². The summed E-state index contributed by atoms with van der Waals surface area (Å²) in [6.07, 6.45) is 7.13. The predicted octanol–water partition coefficient (Wildman–Crippen LogP) is 10.3. The number of aromatic amines is 2. The highest BCUT2D eigenvalue weighted by molar-refractivity contribution is 5.87. The van der Waals surface area contributed by atoms with E-state index in [9.17, 15) is 19.2 Å². The van der Waals surface area contributed by atoms with Crippen LogP contribution in [-0.2, 0) is 32.0 Å². The molecule has 75 heavy (non-hydrogen) atoms. The van der Waals surface area contributed by atoms with E-state index in [2.05, 4.69) is 128 Å². The molecule has 3 saturated heterocycles. The van der Waals surface area contributed by atoms with Crippen molar-refractivity contribution in [3.05, 3.63) is 119 Å². The molecular weight excluding hydrogens is 945 g/mol. The van der Waals surface area contributed by atoms with Gasteiger partial charge in [-0.1, -0.05) is 83.5 Å². The van der Waals surface area contributed by atoms with Gasteiger partial charge in [-0.3, -0.25) is 9.59 Å². The summed E-state index contributed by atoms with van der Waals surface area (Å²) in [7, 11) is 2.61. The van der Waals surface area contributed by atoms with Crippen LogP contribution in [-0.4, -0.2) is 112 Å². The van der Waals surface area contributed by atoms with E-state index in [0.717, 1.165) is 98.8 Å². The van der Waals surface area contributed by atoms with Crippen molar-refractivity contribution >= 4 is 57.4 Å². The highest BCUT2D eigenvalue weighted by Gasteiger charge is 2.39. The zero-order valence-corrected chi connectivity index (χ0v) is 44.8. The molecular formula is C59H76N10O6. The van der Waals surface area contributed by atoms with Gasteiger partial charge in [0.05, 0.1) is 54.9 Å². The van der Waals surface area contributed by atoms with Gasteiger partial charge in [0, 0.05) is 43.6 Å². The Morgan fingerprint density at radius 1 is 0.707 bits per heavy atom. The molecule has 3 fully saturated rings. The molecule has 0 bridgehead atoms. The monoisotopic (exact) mass is 1020 g/mol. The van der Waals surface area contributed by atoms with Gasteiger partial charge in [-0.25, -0.2) is 19.6 Å². The maximum absolute atomic E-state index is 14.0. The molecule has 16 nitrogen and oxygen atoms in total. The van der Waals surface area contributed by atoms with Crippen LogP contribution in [0.5, 0.6) is 0 Å².